The molecule has 1 aliphatic rings. The molecule has 0 unspecified atom stereocenters. The number of amides is 1. The van der Waals surface area contributed by atoms with E-state index in [0.29, 0.717) is 49.4 Å². The fourth-order valence-corrected chi connectivity index (χ4v) is 3.75. The maximum absolute atomic E-state index is 13.2. The Morgan fingerprint density at radius 3 is 2.32 bits per heavy atom. The van der Waals surface area contributed by atoms with Gasteiger partial charge in [-0.3, -0.25) is 9.69 Å². The Bertz CT molecular complexity index is 1050. The summed E-state index contributed by atoms with van der Waals surface area (Å²) < 4.78 is 43.9. The topological polar surface area (TPSA) is 49.6 Å². The van der Waals surface area contributed by atoms with Gasteiger partial charge in [0.2, 0.25) is 0 Å². The number of alkyl halides is 3. The van der Waals surface area contributed by atoms with Crippen molar-refractivity contribution < 1.29 is 22.5 Å². The van der Waals surface area contributed by atoms with E-state index in [4.69, 9.17) is 4.52 Å². The highest BCUT2D eigenvalue weighted by molar-refractivity contribution is 6.01. The van der Waals surface area contributed by atoms with Crippen molar-refractivity contribution >= 4 is 5.91 Å². The van der Waals surface area contributed by atoms with E-state index in [9.17, 15) is 18.0 Å². The smallest absolute Gasteiger partial charge is 0.360 e. The summed E-state index contributed by atoms with van der Waals surface area (Å²) in [5.74, 6) is 0.676. The van der Waals surface area contributed by atoms with Crippen LogP contribution in [0.3, 0.4) is 0 Å². The number of piperazine rings is 1. The second-order valence-corrected chi connectivity index (χ2v) is 7.62. The van der Waals surface area contributed by atoms with Gasteiger partial charge in [0.05, 0.1) is 17.8 Å². The zero-order valence-electron chi connectivity index (χ0n) is 17.0. The third-order valence-corrected chi connectivity index (χ3v) is 5.40. The summed E-state index contributed by atoms with van der Waals surface area (Å²) in [6.07, 6.45) is -4.39. The van der Waals surface area contributed by atoms with Gasteiger partial charge in [-0.05, 0) is 36.2 Å². The van der Waals surface area contributed by atoms with Gasteiger partial charge in [0, 0.05) is 37.8 Å². The average molecular weight is 429 g/mol. The number of hydrogen-bond donors (Lipinski definition) is 0. The Hall–Kier alpha value is -3.13. The number of carbonyl (C=O) groups excluding carboxylic acids is 1. The van der Waals surface area contributed by atoms with Crippen molar-refractivity contribution in [1.29, 1.82) is 0 Å². The zero-order chi connectivity index (χ0) is 22.0. The highest BCUT2D eigenvalue weighted by Gasteiger charge is 2.30. The normalized spacial score (nSPS) is 15.3. The molecule has 1 aromatic heterocycles. The lowest BCUT2D eigenvalue weighted by atomic mass is 9.97. The molecule has 0 saturated carbocycles. The van der Waals surface area contributed by atoms with Gasteiger partial charge < -0.3 is 9.42 Å². The molecule has 0 radical (unpaired) electrons. The standard InChI is InChI=1S/C23H22F3N3O2/c1-16-14-19(31-27-16)15-28-10-12-29(13-11-28)22(30)21-5-3-2-4-20(21)17-6-8-18(9-7-17)23(24,25)26/h2-9,14H,10-13,15H2,1H3. The van der Waals surface area contributed by atoms with Gasteiger partial charge in [0.1, 0.15) is 0 Å². The van der Waals surface area contributed by atoms with Gasteiger partial charge in [-0.25, -0.2) is 0 Å². The molecular weight excluding hydrogens is 407 g/mol. The lowest BCUT2D eigenvalue weighted by Crippen LogP contribution is -2.48. The van der Waals surface area contributed by atoms with Crippen LogP contribution >= 0.6 is 0 Å². The maximum atomic E-state index is 13.2. The molecule has 31 heavy (non-hydrogen) atoms. The van der Waals surface area contributed by atoms with E-state index in [0.717, 1.165) is 23.6 Å². The molecular formula is C23H22F3N3O2. The lowest BCUT2D eigenvalue weighted by Gasteiger charge is -2.34. The van der Waals surface area contributed by atoms with Gasteiger partial charge in [0.25, 0.3) is 5.91 Å². The number of aryl methyl sites for hydroxylation is 1. The van der Waals surface area contributed by atoms with Crippen LogP contribution in [-0.4, -0.2) is 47.0 Å². The third kappa shape index (κ3) is 4.80. The Kier molecular flexibility index (Phi) is 5.82. The van der Waals surface area contributed by atoms with Crippen LogP contribution < -0.4 is 0 Å². The van der Waals surface area contributed by atoms with Crippen molar-refractivity contribution in [2.45, 2.75) is 19.6 Å². The van der Waals surface area contributed by atoms with Crippen LogP contribution in [0, 0.1) is 6.92 Å². The third-order valence-electron chi connectivity index (χ3n) is 5.40. The molecule has 0 bridgehead atoms. The van der Waals surface area contributed by atoms with E-state index in [-0.39, 0.29) is 5.91 Å². The summed E-state index contributed by atoms with van der Waals surface area (Å²) >= 11 is 0. The van der Waals surface area contributed by atoms with Crippen LogP contribution in [0.25, 0.3) is 11.1 Å². The summed E-state index contributed by atoms with van der Waals surface area (Å²) in [4.78, 5) is 17.2. The SMILES string of the molecule is Cc1cc(CN2CCN(C(=O)c3ccccc3-c3ccc(C(F)(F)F)cc3)CC2)on1. The first kappa shape index (κ1) is 21.1. The maximum Gasteiger partial charge on any atom is 0.416 e. The Labute approximate surface area is 178 Å². The van der Waals surface area contributed by atoms with E-state index in [2.05, 4.69) is 10.1 Å². The Morgan fingerprint density at radius 1 is 1.03 bits per heavy atom. The highest BCUT2D eigenvalue weighted by Crippen LogP contribution is 2.32. The lowest BCUT2D eigenvalue weighted by molar-refractivity contribution is -0.137. The predicted molar refractivity (Wildman–Crippen MR) is 109 cm³/mol. The molecule has 1 fully saturated rings. The number of hydrogen-bond acceptors (Lipinski definition) is 4. The van der Waals surface area contributed by atoms with E-state index < -0.39 is 11.7 Å². The Morgan fingerprint density at radius 2 is 1.71 bits per heavy atom. The minimum Gasteiger partial charge on any atom is -0.360 e. The molecule has 1 amide bonds. The molecule has 8 heteroatoms. The molecule has 2 heterocycles. The number of halogens is 3. The molecule has 5 nitrogen and oxygen atoms in total. The Balaban J connectivity index is 1.46. The summed E-state index contributed by atoms with van der Waals surface area (Å²) in [5.41, 5.74) is 1.82. The van der Waals surface area contributed by atoms with Crippen molar-refractivity contribution in [2.75, 3.05) is 26.2 Å². The second-order valence-electron chi connectivity index (χ2n) is 7.62. The van der Waals surface area contributed by atoms with Crippen molar-refractivity contribution in [3.8, 4) is 11.1 Å². The first-order valence-electron chi connectivity index (χ1n) is 10.0. The fraction of sp³-hybridized carbons (Fsp3) is 0.304. The first-order valence-corrected chi connectivity index (χ1v) is 10.0. The van der Waals surface area contributed by atoms with Crippen molar-refractivity contribution in [3.05, 3.63) is 77.2 Å². The summed E-state index contributed by atoms with van der Waals surface area (Å²) in [7, 11) is 0. The fourth-order valence-electron chi connectivity index (χ4n) is 3.75. The second kappa shape index (κ2) is 8.55. The molecule has 0 spiro atoms. The highest BCUT2D eigenvalue weighted by atomic mass is 19.4. The van der Waals surface area contributed by atoms with Crippen molar-refractivity contribution in [1.82, 2.24) is 15.0 Å². The molecule has 162 valence electrons. The van der Waals surface area contributed by atoms with Crippen LogP contribution in [0.1, 0.15) is 27.4 Å². The molecule has 2 aromatic carbocycles. The molecule has 1 aliphatic heterocycles. The summed E-state index contributed by atoms with van der Waals surface area (Å²) in [6.45, 7) is 5.05. The molecule has 0 N–H and O–H groups in total. The summed E-state index contributed by atoms with van der Waals surface area (Å²) in [6, 6.07) is 13.8. The monoisotopic (exact) mass is 429 g/mol. The molecule has 4 rings (SSSR count). The van der Waals surface area contributed by atoms with Crippen molar-refractivity contribution in [3.63, 3.8) is 0 Å². The quantitative estimate of drug-likeness (QED) is 0.607. The average Bonchev–Trinajstić information content (AvgIpc) is 3.18. The van der Waals surface area contributed by atoms with Crippen LogP contribution in [0.15, 0.2) is 59.1 Å². The van der Waals surface area contributed by atoms with E-state index in [1.165, 1.54) is 12.1 Å². The molecule has 0 aliphatic carbocycles. The van der Waals surface area contributed by atoms with Gasteiger partial charge >= 0.3 is 6.18 Å². The van der Waals surface area contributed by atoms with Crippen LogP contribution in [-0.2, 0) is 12.7 Å². The number of nitrogens with zero attached hydrogens (tertiary/aromatic N) is 3. The van der Waals surface area contributed by atoms with Crippen molar-refractivity contribution in [2.24, 2.45) is 0 Å². The van der Waals surface area contributed by atoms with Gasteiger partial charge in [-0.2, -0.15) is 13.2 Å². The van der Waals surface area contributed by atoms with Crippen LogP contribution in [0.5, 0.6) is 0 Å². The largest absolute Gasteiger partial charge is 0.416 e. The number of benzene rings is 2. The van der Waals surface area contributed by atoms with E-state index >= 15 is 0 Å². The molecule has 0 atom stereocenters. The minimum absolute atomic E-state index is 0.120. The van der Waals surface area contributed by atoms with Gasteiger partial charge in [-0.15, -0.1) is 0 Å². The van der Waals surface area contributed by atoms with E-state index in [1.54, 1.807) is 29.2 Å². The number of carbonyl (C=O) groups is 1. The predicted octanol–water partition coefficient (Wildman–Crippen LogP) is 4.63. The number of rotatable bonds is 4. The molecule has 1 saturated heterocycles. The molecule has 3 aromatic rings. The zero-order valence-corrected chi connectivity index (χ0v) is 17.0. The van der Waals surface area contributed by atoms with Crippen LogP contribution in [0.4, 0.5) is 13.2 Å². The van der Waals surface area contributed by atoms with Gasteiger partial charge in [0.15, 0.2) is 5.76 Å². The first-order chi connectivity index (χ1) is 14.8. The minimum atomic E-state index is -4.39. The van der Waals surface area contributed by atoms with Gasteiger partial charge in [-0.1, -0.05) is 35.5 Å². The number of aromatic nitrogens is 1. The van der Waals surface area contributed by atoms with E-state index in [1.807, 2.05) is 13.0 Å². The summed E-state index contributed by atoms with van der Waals surface area (Å²) in [5, 5.41) is 3.89. The van der Waals surface area contributed by atoms with Crippen LogP contribution in [0.2, 0.25) is 0 Å².